The number of amidine groups is 1. The van der Waals surface area contributed by atoms with Gasteiger partial charge in [0.2, 0.25) is 5.91 Å². The SMILES string of the molecule is CCCCN(CC)C(=O)C(CCC)(CCC)C(N)=NO. The third kappa shape index (κ3) is 4.39. The molecule has 0 aromatic heterocycles. The fourth-order valence-corrected chi connectivity index (χ4v) is 2.71. The van der Waals surface area contributed by atoms with E-state index in [1.54, 1.807) is 0 Å². The molecule has 118 valence electrons. The number of amides is 1. The Morgan fingerprint density at radius 1 is 1.15 bits per heavy atom. The first-order valence-corrected chi connectivity index (χ1v) is 7.81. The lowest BCUT2D eigenvalue weighted by molar-refractivity contribution is -0.139. The van der Waals surface area contributed by atoms with Gasteiger partial charge < -0.3 is 15.8 Å². The van der Waals surface area contributed by atoms with E-state index in [0.29, 0.717) is 19.4 Å². The average molecular weight is 285 g/mol. The van der Waals surface area contributed by atoms with Crippen molar-refractivity contribution in [1.82, 2.24) is 4.90 Å². The molecule has 0 rings (SSSR count). The van der Waals surface area contributed by atoms with Gasteiger partial charge in [-0.1, -0.05) is 45.2 Å². The predicted octanol–water partition coefficient (Wildman–Crippen LogP) is 2.97. The Labute approximate surface area is 123 Å². The molecule has 0 radical (unpaired) electrons. The van der Waals surface area contributed by atoms with Crippen molar-refractivity contribution in [3.63, 3.8) is 0 Å². The second kappa shape index (κ2) is 9.61. The van der Waals surface area contributed by atoms with Crippen LogP contribution in [0.25, 0.3) is 0 Å². The number of hydrogen-bond donors (Lipinski definition) is 2. The normalized spacial score (nSPS) is 12.5. The molecule has 0 atom stereocenters. The third-order valence-electron chi connectivity index (χ3n) is 3.81. The summed E-state index contributed by atoms with van der Waals surface area (Å²) in [6, 6.07) is 0. The van der Waals surface area contributed by atoms with E-state index in [9.17, 15) is 4.79 Å². The molecule has 5 heteroatoms. The zero-order valence-corrected chi connectivity index (χ0v) is 13.5. The molecular weight excluding hydrogens is 254 g/mol. The first-order valence-electron chi connectivity index (χ1n) is 7.81. The highest BCUT2D eigenvalue weighted by atomic mass is 16.4. The summed E-state index contributed by atoms with van der Waals surface area (Å²) < 4.78 is 0. The Morgan fingerprint density at radius 3 is 2.05 bits per heavy atom. The fraction of sp³-hybridized carbons (Fsp3) is 0.867. The largest absolute Gasteiger partial charge is 0.409 e. The van der Waals surface area contributed by atoms with Crippen LogP contribution in [0.4, 0.5) is 0 Å². The molecular formula is C15H31N3O2. The molecule has 0 aromatic rings. The van der Waals surface area contributed by atoms with Gasteiger partial charge in [-0.3, -0.25) is 4.79 Å². The number of hydrogen-bond acceptors (Lipinski definition) is 3. The van der Waals surface area contributed by atoms with Gasteiger partial charge in [-0.25, -0.2) is 0 Å². The monoisotopic (exact) mass is 285 g/mol. The van der Waals surface area contributed by atoms with E-state index < -0.39 is 5.41 Å². The maximum Gasteiger partial charge on any atom is 0.236 e. The summed E-state index contributed by atoms with van der Waals surface area (Å²) in [5, 5.41) is 12.3. The van der Waals surface area contributed by atoms with Gasteiger partial charge in [-0.05, 0) is 26.2 Å². The molecule has 0 aliphatic heterocycles. The van der Waals surface area contributed by atoms with Gasteiger partial charge in [0.1, 0.15) is 5.41 Å². The maximum atomic E-state index is 12.9. The Balaban J connectivity index is 5.40. The molecule has 0 saturated heterocycles. The van der Waals surface area contributed by atoms with Crippen molar-refractivity contribution in [2.45, 2.75) is 66.2 Å². The van der Waals surface area contributed by atoms with Crippen LogP contribution in [0.1, 0.15) is 66.2 Å². The van der Waals surface area contributed by atoms with Crippen molar-refractivity contribution in [3.8, 4) is 0 Å². The second-order valence-corrected chi connectivity index (χ2v) is 5.31. The Hall–Kier alpha value is -1.26. The molecule has 0 bridgehead atoms. The summed E-state index contributed by atoms with van der Waals surface area (Å²) in [6.07, 6.45) is 4.92. The second-order valence-electron chi connectivity index (χ2n) is 5.31. The number of carbonyl (C=O) groups is 1. The topological polar surface area (TPSA) is 78.9 Å². The molecule has 0 heterocycles. The Kier molecular flexibility index (Phi) is 9.01. The molecule has 5 nitrogen and oxygen atoms in total. The van der Waals surface area contributed by atoms with E-state index in [2.05, 4.69) is 12.1 Å². The fourth-order valence-electron chi connectivity index (χ4n) is 2.71. The average Bonchev–Trinajstić information content (AvgIpc) is 2.46. The van der Waals surface area contributed by atoms with Crippen LogP contribution in [-0.2, 0) is 4.79 Å². The van der Waals surface area contributed by atoms with Crippen molar-refractivity contribution in [1.29, 1.82) is 0 Å². The molecule has 0 fully saturated rings. The zero-order valence-electron chi connectivity index (χ0n) is 13.5. The van der Waals surface area contributed by atoms with E-state index in [1.807, 2.05) is 25.7 Å². The number of nitrogens with two attached hydrogens (primary N) is 1. The predicted molar refractivity (Wildman–Crippen MR) is 82.8 cm³/mol. The van der Waals surface area contributed by atoms with E-state index in [4.69, 9.17) is 10.9 Å². The molecule has 0 aliphatic carbocycles. The van der Waals surface area contributed by atoms with E-state index >= 15 is 0 Å². The van der Waals surface area contributed by atoms with E-state index in [0.717, 1.165) is 32.2 Å². The molecule has 1 amide bonds. The maximum absolute atomic E-state index is 12.9. The lowest BCUT2D eigenvalue weighted by atomic mass is 9.76. The highest BCUT2D eigenvalue weighted by Gasteiger charge is 2.43. The molecule has 20 heavy (non-hydrogen) atoms. The van der Waals surface area contributed by atoms with Crippen LogP contribution < -0.4 is 5.73 Å². The number of rotatable bonds is 10. The molecule has 3 N–H and O–H groups in total. The number of nitrogens with zero attached hydrogens (tertiary/aromatic N) is 2. The van der Waals surface area contributed by atoms with Gasteiger partial charge in [0, 0.05) is 13.1 Å². The quantitative estimate of drug-likeness (QED) is 0.280. The van der Waals surface area contributed by atoms with Gasteiger partial charge in [0.05, 0.1) is 0 Å². The smallest absolute Gasteiger partial charge is 0.236 e. The highest BCUT2D eigenvalue weighted by molar-refractivity contribution is 6.06. The minimum Gasteiger partial charge on any atom is -0.409 e. The van der Waals surface area contributed by atoms with Crippen LogP contribution in [0.2, 0.25) is 0 Å². The lowest BCUT2D eigenvalue weighted by Gasteiger charge is -2.36. The molecule has 0 saturated carbocycles. The molecule has 0 aliphatic rings. The Bertz CT molecular complexity index is 310. The van der Waals surface area contributed by atoms with Crippen LogP contribution in [0.5, 0.6) is 0 Å². The molecule has 0 aromatic carbocycles. The standard InChI is InChI=1S/C15H31N3O2/c1-5-9-12-18(8-4)14(19)15(10-6-2,11-7-3)13(16)17-20/h20H,5-12H2,1-4H3,(H2,16,17). The minimum absolute atomic E-state index is 0.00690. The first kappa shape index (κ1) is 18.7. The van der Waals surface area contributed by atoms with E-state index in [-0.39, 0.29) is 11.7 Å². The number of unbranched alkanes of at least 4 members (excludes halogenated alkanes) is 1. The minimum atomic E-state index is -0.845. The zero-order chi connectivity index (χ0) is 15.6. The van der Waals surface area contributed by atoms with Crippen LogP contribution in [0.15, 0.2) is 5.16 Å². The van der Waals surface area contributed by atoms with Crippen LogP contribution in [-0.4, -0.2) is 34.9 Å². The van der Waals surface area contributed by atoms with Gasteiger partial charge in [-0.2, -0.15) is 0 Å². The summed E-state index contributed by atoms with van der Waals surface area (Å²) in [5.74, 6) is 0.0635. The number of carbonyl (C=O) groups excluding carboxylic acids is 1. The van der Waals surface area contributed by atoms with Crippen LogP contribution in [0.3, 0.4) is 0 Å². The van der Waals surface area contributed by atoms with Gasteiger partial charge in [0.25, 0.3) is 0 Å². The molecule has 0 unspecified atom stereocenters. The van der Waals surface area contributed by atoms with Gasteiger partial charge in [0.15, 0.2) is 5.84 Å². The first-order chi connectivity index (χ1) is 9.53. The summed E-state index contributed by atoms with van der Waals surface area (Å²) >= 11 is 0. The van der Waals surface area contributed by atoms with Crippen LogP contribution >= 0.6 is 0 Å². The van der Waals surface area contributed by atoms with Crippen molar-refractivity contribution < 1.29 is 10.0 Å². The third-order valence-corrected chi connectivity index (χ3v) is 3.81. The van der Waals surface area contributed by atoms with Crippen molar-refractivity contribution >= 4 is 11.7 Å². The van der Waals surface area contributed by atoms with Crippen molar-refractivity contribution in [3.05, 3.63) is 0 Å². The highest BCUT2D eigenvalue weighted by Crippen LogP contribution is 2.33. The summed E-state index contributed by atoms with van der Waals surface area (Å²) in [7, 11) is 0. The van der Waals surface area contributed by atoms with Gasteiger partial charge >= 0.3 is 0 Å². The summed E-state index contributed by atoms with van der Waals surface area (Å²) in [5.41, 5.74) is 5.05. The van der Waals surface area contributed by atoms with Gasteiger partial charge in [-0.15, -0.1) is 0 Å². The van der Waals surface area contributed by atoms with Crippen LogP contribution in [0, 0.1) is 5.41 Å². The summed E-state index contributed by atoms with van der Waals surface area (Å²) in [6.45, 7) is 9.51. The Morgan fingerprint density at radius 2 is 1.70 bits per heavy atom. The molecule has 0 spiro atoms. The van der Waals surface area contributed by atoms with Crippen molar-refractivity contribution in [2.75, 3.05) is 13.1 Å². The summed E-state index contributed by atoms with van der Waals surface area (Å²) in [4.78, 5) is 14.8. The lowest BCUT2D eigenvalue weighted by Crippen LogP contribution is -2.51. The van der Waals surface area contributed by atoms with Crippen molar-refractivity contribution in [2.24, 2.45) is 16.3 Å². The van der Waals surface area contributed by atoms with E-state index in [1.165, 1.54) is 0 Å². The number of oxime groups is 1.